The molecule has 0 aliphatic heterocycles. The highest BCUT2D eigenvalue weighted by atomic mass is 19.1. The lowest BCUT2D eigenvalue weighted by atomic mass is 10.00. The Bertz CT molecular complexity index is 554. The maximum Gasteiger partial charge on any atom is 0.123 e. The number of hydrogen-bond donors (Lipinski definition) is 1. The highest BCUT2D eigenvalue weighted by Gasteiger charge is 2.12. The summed E-state index contributed by atoms with van der Waals surface area (Å²) in [6, 6.07) is 8.34. The summed E-state index contributed by atoms with van der Waals surface area (Å²) in [5.74, 6) is -0.278. The molecule has 0 fully saturated rings. The number of aryl methyl sites for hydroxylation is 2. The van der Waals surface area contributed by atoms with Crippen LogP contribution in [0.2, 0.25) is 0 Å². The van der Waals surface area contributed by atoms with Crippen molar-refractivity contribution in [1.29, 1.82) is 0 Å². The van der Waals surface area contributed by atoms with E-state index >= 15 is 0 Å². The van der Waals surface area contributed by atoms with Crippen molar-refractivity contribution in [3.8, 4) is 0 Å². The average molecular weight is 245 g/mol. The molecule has 1 aromatic carbocycles. The maximum atomic E-state index is 13.2. The van der Waals surface area contributed by atoms with Crippen LogP contribution in [0.1, 0.15) is 28.5 Å². The van der Waals surface area contributed by atoms with E-state index in [-0.39, 0.29) is 5.82 Å². The van der Waals surface area contributed by atoms with Gasteiger partial charge >= 0.3 is 0 Å². The molecule has 0 amide bonds. The third-order valence-corrected chi connectivity index (χ3v) is 3.00. The van der Waals surface area contributed by atoms with Crippen molar-refractivity contribution in [2.75, 3.05) is 0 Å². The van der Waals surface area contributed by atoms with Crippen LogP contribution < -0.4 is 0 Å². The minimum absolute atomic E-state index is 0.278. The van der Waals surface area contributed by atoms with Crippen LogP contribution in [-0.4, -0.2) is 10.1 Å². The van der Waals surface area contributed by atoms with E-state index in [1.54, 1.807) is 12.3 Å². The zero-order valence-electron chi connectivity index (χ0n) is 10.5. The van der Waals surface area contributed by atoms with E-state index in [9.17, 15) is 9.50 Å². The number of rotatable bonds is 3. The number of benzene rings is 1. The number of aromatic nitrogens is 1. The second-order valence-corrected chi connectivity index (χ2v) is 4.55. The zero-order chi connectivity index (χ0) is 13.1. The Balaban J connectivity index is 2.21. The predicted octanol–water partition coefficient (Wildman–Crippen LogP) is 3.11. The normalized spacial score (nSPS) is 12.4. The van der Waals surface area contributed by atoms with Crippen LogP contribution in [0.3, 0.4) is 0 Å². The molecule has 0 aliphatic rings. The quantitative estimate of drug-likeness (QED) is 0.901. The van der Waals surface area contributed by atoms with Gasteiger partial charge in [-0.15, -0.1) is 0 Å². The maximum absolute atomic E-state index is 13.2. The molecule has 2 nitrogen and oxygen atoms in total. The zero-order valence-corrected chi connectivity index (χ0v) is 10.5. The van der Waals surface area contributed by atoms with Gasteiger partial charge in [-0.3, -0.25) is 4.98 Å². The van der Waals surface area contributed by atoms with E-state index in [1.807, 2.05) is 26.0 Å². The standard InChI is InChI=1S/C15H16FNO/c1-10-5-6-17-14(7-10)15(18)9-12-8-13(16)4-3-11(12)2/h3-8,15,18H,9H2,1-2H3. The van der Waals surface area contributed by atoms with Crippen molar-refractivity contribution in [1.82, 2.24) is 4.98 Å². The van der Waals surface area contributed by atoms with Gasteiger partial charge in [-0.05, 0) is 54.8 Å². The summed E-state index contributed by atoms with van der Waals surface area (Å²) in [4.78, 5) is 4.14. The van der Waals surface area contributed by atoms with Crippen molar-refractivity contribution in [3.63, 3.8) is 0 Å². The topological polar surface area (TPSA) is 33.1 Å². The fraction of sp³-hybridized carbons (Fsp3) is 0.267. The molecule has 0 spiro atoms. The Morgan fingerprint density at radius 3 is 2.72 bits per heavy atom. The molecular weight excluding hydrogens is 229 g/mol. The Hall–Kier alpha value is -1.74. The first-order valence-electron chi connectivity index (χ1n) is 5.92. The number of pyridine rings is 1. The first kappa shape index (κ1) is 12.7. The smallest absolute Gasteiger partial charge is 0.123 e. The number of aliphatic hydroxyl groups excluding tert-OH is 1. The van der Waals surface area contributed by atoms with Crippen molar-refractivity contribution in [2.24, 2.45) is 0 Å². The molecule has 0 radical (unpaired) electrons. The van der Waals surface area contributed by atoms with Gasteiger partial charge in [-0.25, -0.2) is 4.39 Å². The fourth-order valence-corrected chi connectivity index (χ4v) is 1.91. The molecule has 1 N–H and O–H groups in total. The van der Waals surface area contributed by atoms with Crippen molar-refractivity contribution < 1.29 is 9.50 Å². The van der Waals surface area contributed by atoms with Gasteiger partial charge in [0.25, 0.3) is 0 Å². The van der Waals surface area contributed by atoms with Crippen molar-refractivity contribution in [2.45, 2.75) is 26.4 Å². The number of nitrogens with zero attached hydrogens (tertiary/aromatic N) is 1. The lowest BCUT2D eigenvalue weighted by molar-refractivity contribution is 0.173. The lowest BCUT2D eigenvalue weighted by Crippen LogP contribution is -2.05. The third kappa shape index (κ3) is 2.93. The molecule has 1 atom stereocenters. The minimum atomic E-state index is -0.703. The second-order valence-electron chi connectivity index (χ2n) is 4.55. The van der Waals surface area contributed by atoms with Gasteiger partial charge in [-0.2, -0.15) is 0 Å². The molecule has 3 heteroatoms. The summed E-state index contributed by atoms with van der Waals surface area (Å²) >= 11 is 0. The number of hydrogen-bond acceptors (Lipinski definition) is 2. The van der Waals surface area contributed by atoms with Gasteiger partial charge in [0.05, 0.1) is 11.8 Å². The van der Waals surface area contributed by atoms with Crippen LogP contribution in [-0.2, 0) is 6.42 Å². The van der Waals surface area contributed by atoms with Gasteiger partial charge in [-0.1, -0.05) is 6.07 Å². The number of aliphatic hydroxyl groups is 1. The molecule has 0 saturated heterocycles. The van der Waals surface area contributed by atoms with Crippen LogP contribution in [0.4, 0.5) is 4.39 Å². The Morgan fingerprint density at radius 1 is 1.22 bits per heavy atom. The first-order chi connectivity index (χ1) is 8.56. The average Bonchev–Trinajstić information content (AvgIpc) is 2.34. The monoisotopic (exact) mass is 245 g/mol. The summed E-state index contributed by atoms with van der Waals surface area (Å²) in [5, 5.41) is 10.1. The highest BCUT2D eigenvalue weighted by Crippen LogP contribution is 2.20. The molecule has 0 aliphatic carbocycles. The van der Waals surface area contributed by atoms with E-state index in [0.29, 0.717) is 12.1 Å². The van der Waals surface area contributed by atoms with Crippen LogP contribution in [0.25, 0.3) is 0 Å². The van der Waals surface area contributed by atoms with Crippen LogP contribution in [0.5, 0.6) is 0 Å². The molecule has 2 aromatic rings. The van der Waals surface area contributed by atoms with E-state index in [2.05, 4.69) is 4.98 Å². The van der Waals surface area contributed by atoms with Gasteiger partial charge in [0, 0.05) is 12.6 Å². The summed E-state index contributed by atoms with van der Waals surface area (Å²) in [6.45, 7) is 3.86. The Morgan fingerprint density at radius 2 is 2.00 bits per heavy atom. The molecule has 0 bridgehead atoms. The minimum Gasteiger partial charge on any atom is -0.386 e. The summed E-state index contributed by atoms with van der Waals surface area (Å²) in [6.07, 6.45) is 1.34. The van der Waals surface area contributed by atoms with Gasteiger partial charge in [0.2, 0.25) is 0 Å². The summed E-state index contributed by atoms with van der Waals surface area (Å²) < 4.78 is 13.2. The first-order valence-corrected chi connectivity index (χ1v) is 5.92. The van der Waals surface area contributed by atoms with E-state index in [1.165, 1.54) is 12.1 Å². The van der Waals surface area contributed by atoms with E-state index < -0.39 is 6.10 Å². The van der Waals surface area contributed by atoms with Gasteiger partial charge in [0.15, 0.2) is 0 Å². The van der Waals surface area contributed by atoms with Gasteiger partial charge in [0.1, 0.15) is 5.82 Å². The second kappa shape index (κ2) is 5.27. The molecule has 1 aromatic heterocycles. The largest absolute Gasteiger partial charge is 0.386 e. The third-order valence-electron chi connectivity index (χ3n) is 3.00. The molecule has 18 heavy (non-hydrogen) atoms. The SMILES string of the molecule is Cc1ccnc(C(O)Cc2cc(F)ccc2C)c1. The molecule has 2 rings (SSSR count). The fourth-order valence-electron chi connectivity index (χ4n) is 1.91. The van der Waals surface area contributed by atoms with Crippen molar-refractivity contribution >= 4 is 0 Å². The van der Waals surface area contributed by atoms with Crippen molar-refractivity contribution in [3.05, 3.63) is 64.7 Å². The molecular formula is C15H16FNO. The van der Waals surface area contributed by atoms with E-state index in [0.717, 1.165) is 16.7 Å². The lowest BCUT2D eigenvalue weighted by Gasteiger charge is -2.12. The predicted molar refractivity (Wildman–Crippen MR) is 68.8 cm³/mol. The van der Waals surface area contributed by atoms with Crippen LogP contribution in [0, 0.1) is 19.7 Å². The number of halogens is 1. The molecule has 1 unspecified atom stereocenters. The van der Waals surface area contributed by atoms with Crippen LogP contribution in [0.15, 0.2) is 36.5 Å². The Kier molecular flexibility index (Phi) is 3.72. The Labute approximate surface area is 106 Å². The molecule has 1 heterocycles. The highest BCUT2D eigenvalue weighted by molar-refractivity contribution is 5.28. The molecule has 94 valence electrons. The van der Waals surface area contributed by atoms with E-state index in [4.69, 9.17) is 0 Å². The van der Waals surface area contributed by atoms with Crippen LogP contribution >= 0.6 is 0 Å². The summed E-state index contributed by atoms with van der Waals surface area (Å²) in [7, 11) is 0. The van der Waals surface area contributed by atoms with Gasteiger partial charge < -0.3 is 5.11 Å². The molecule has 0 saturated carbocycles. The summed E-state index contributed by atoms with van der Waals surface area (Å²) in [5.41, 5.74) is 3.46.